The van der Waals surface area contributed by atoms with Crippen LogP contribution in [0.5, 0.6) is 0 Å². The van der Waals surface area contributed by atoms with E-state index >= 15 is 0 Å². The van der Waals surface area contributed by atoms with Crippen molar-refractivity contribution in [3.05, 3.63) is 95.1 Å². The molecule has 0 fully saturated rings. The number of hydrogen-bond acceptors (Lipinski definition) is 5. The van der Waals surface area contributed by atoms with Gasteiger partial charge in [-0.3, -0.25) is 9.59 Å². The summed E-state index contributed by atoms with van der Waals surface area (Å²) in [6.45, 7) is -0.612. The second kappa shape index (κ2) is 12.6. The van der Waals surface area contributed by atoms with Crippen LogP contribution in [-0.2, 0) is 20.7 Å². The van der Waals surface area contributed by atoms with Crippen molar-refractivity contribution in [2.75, 3.05) is 11.9 Å². The molecular weight excluding hydrogens is 536 g/mol. The van der Waals surface area contributed by atoms with Crippen molar-refractivity contribution in [2.45, 2.75) is 23.1 Å². The highest BCUT2D eigenvalue weighted by molar-refractivity contribution is 7.99. The first-order valence-corrected chi connectivity index (χ1v) is 12.7. The van der Waals surface area contributed by atoms with Crippen molar-refractivity contribution < 1.29 is 27.9 Å². The van der Waals surface area contributed by atoms with Gasteiger partial charge in [0.15, 0.2) is 6.61 Å². The number of carbonyl (C=O) groups is 3. The SMILES string of the molecule is O=C(COC(=O)C(Cc1c[nH]c2ccccc12)NC(=O)c1ccccc1Cl)Nc1ccc(SC(F)F)cc1. The quantitative estimate of drug-likeness (QED) is 0.173. The molecule has 1 heterocycles. The fraction of sp³-hybridized carbons (Fsp3) is 0.148. The molecule has 38 heavy (non-hydrogen) atoms. The number of thioether (sulfide) groups is 1. The van der Waals surface area contributed by atoms with Crippen molar-refractivity contribution in [2.24, 2.45) is 0 Å². The molecule has 0 saturated heterocycles. The number of ether oxygens (including phenoxy) is 1. The first kappa shape index (κ1) is 27.2. The molecule has 4 rings (SSSR count). The lowest BCUT2D eigenvalue weighted by Gasteiger charge is -2.18. The normalized spacial score (nSPS) is 11.8. The van der Waals surface area contributed by atoms with Gasteiger partial charge in [0.05, 0.1) is 10.6 Å². The first-order valence-electron chi connectivity index (χ1n) is 11.4. The van der Waals surface area contributed by atoms with E-state index in [0.29, 0.717) is 22.3 Å². The van der Waals surface area contributed by atoms with E-state index in [2.05, 4.69) is 15.6 Å². The molecule has 3 aromatic carbocycles. The van der Waals surface area contributed by atoms with Gasteiger partial charge >= 0.3 is 5.97 Å². The number of aromatic amines is 1. The van der Waals surface area contributed by atoms with E-state index in [4.69, 9.17) is 16.3 Å². The van der Waals surface area contributed by atoms with Gasteiger partial charge in [0, 0.05) is 34.1 Å². The highest BCUT2D eigenvalue weighted by atomic mass is 35.5. The summed E-state index contributed by atoms with van der Waals surface area (Å²) in [6.07, 6.45) is 1.85. The molecular formula is C27H22ClF2N3O4S. The number of halogens is 3. The molecule has 1 atom stereocenters. The number of amides is 2. The number of anilines is 1. The molecule has 1 aromatic heterocycles. The van der Waals surface area contributed by atoms with Gasteiger partial charge in [-0.2, -0.15) is 8.78 Å². The van der Waals surface area contributed by atoms with Crippen LogP contribution >= 0.6 is 23.4 Å². The molecule has 4 aromatic rings. The Morgan fingerprint density at radius 3 is 2.42 bits per heavy atom. The van der Waals surface area contributed by atoms with Gasteiger partial charge in [-0.15, -0.1) is 0 Å². The third-order valence-electron chi connectivity index (χ3n) is 5.52. The number of aromatic nitrogens is 1. The van der Waals surface area contributed by atoms with E-state index in [1.54, 1.807) is 24.4 Å². The first-order chi connectivity index (χ1) is 18.3. The fourth-order valence-corrected chi connectivity index (χ4v) is 4.47. The van der Waals surface area contributed by atoms with Crippen molar-refractivity contribution in [1.29, 1.82) is 0 Å². The third-order valence-corrected chi connectivity index (χ3v) is 6.57. The Morgan fingerprint density at radius 1 is 0.974 bits per heavy atom. The lowest BCUT2D eigenvalue weighted by molar-refractivity contribution is -0.149. The Labute approximate surface area is 225 Å². The number of esters is 1. The highest BCUT2D eigenvalue weighted by Gasteiger charge is 2.26. The number of benzene rings is 3. The number of carbonyl (C=O) groups excluding carboxylic acids is 3. The summed E-state index contributed by atoms with van der Waals surface area (Å²) in [5.74, 6) is -4.56. The van der Waals surface area contributed by atoms with Crippen LogP contribution in [0.1, 0.15) is 15.9 Å². The number of hydrogen-bond donors (Lipinski definition) is 3. The minimum absolute atomic E-state index is 0.101. The summed E-state index contributed by atoms with van der Waals surface area (Å²) in [5.41, 5.74) is 2.18. The smallest absolute Gasteiger partial charge is 0.329 e. The standard InChI is InChI=1S/C27H22ClF2N3O4S/c28-21-7-3-1-6-20(21)25(35)33-23(13-16-14-31-22-8-4-2-5-19(16)22)26(36)37-15-24(34)32-17-9-11-18(12-10-17)38-27(29)30/h1-12,14,23,27,31H,13,15H2,(H,32,34)(H,33,35). The molecule has 196 valence electrons. The highest BCUT2D eigenvalue weighted by Crippen LogP contribution is 2.26. The Balaban J connectivity index is 1.43. The van der Waals surface area contributed by atoms with Crippen LogP contribution in [0.2, 0.25) is 5.02 Å². The molecule has 0 radical (unpaired) electrons. The van der Waals surface area contributed by atoms with Gasteiger partial charge < -0.3 is 20.4 Å². The van der Waals surface area contributed by atoms with Crippen LogP contribution in [-0.4, -0.2) is 41.2 Å². The average Bonchev–Trinajstić information content (AvgIpc) is 3.30. The molecule has 0 spiro atoms. The lowest BCUT2D eigenvalue weighted by atomic mass is 10.0. The summed E-state index contributed by atoms with van der Waals surface area (Å²) in [7, 11) is 0. The predicted octanol–water partition coefficient (Wildman–Crippen LogP) is 5.66. The Kier molecular flexibility index (Phi) is 8.98. The maximum Gasteiger partial charge on any atom is 0.329 e. The number of nitrogens with one attached hydrogen (secondary N) is 3. The van der Waals surface area contributed by atoms with Gasteiger partial charge in [-0.25, -0.2) is 4.79 Å². The molecule has 3 N–H and O–H groups in total. The zero-order chi connectivity index (χ0) is 27.1. The van der Waals surface area contributed by atoms with Crippen molar-refractivity contribution in [3.8, 4) is 0 Å². The zero-order valence-corrected chi connectivity index (χ0v) is 21.3. The predicted molar refractivity (Wildman–Crippen MR) is 143 cm³/mol. The van der Waals surface area contributed by atoms with E-state index in [0.717, 1.165) is 16.5 Å². The maximum absolute atomic E-state index is 13.0. The topological polar surface area (TPSA) is 100 Å². The van der Waals surface area contributed by atoms with Crippen LogP contribution in [0.3, 0.4) is 0 Å². The van der Waals surface area contributed by atoms with Gasteiger partial charge in [0.1, 0.15) is 6.04 Å². The second-order valence-electron chi connectivity index (χ2n) is 8.13. The van der Waals surface area contributed by atoms with Crippen LogP contribution in [0.4, 0.5) is 14.5 Å². The van der Waals surface area contributed by atoms with Crippen LogP contribution < -0.4 is 10.6 Å². The van der Waals surface area contributed by atoms with E-state index in [1.165, 1.54) is 30.3 Å². The van der Waals surface area contributed by atoms with Crippen molar-refractivity contribution in [1.82, 2.24) is 10.3 Å². The van der Waals surface area contributed by atoms with Gasteiger partial charge in [0.2, 0.25) is 0 Å². The summed E-state index contributed by atoms with van der Waals surface area (Å²) in [4.78, 5) is 41.8. The molecule has 0 saturated carbocycles. The largest absolute Gasteiger partial charge is 0.454 e. The number of alkyl halides is 2. The lowest BCUT2D eigenvalue weighted by Crippen LogP contribution is -2.44. The number of H-pyrrole nitrogens is 1. The van der Waals surface area contributed by atoms with Gasteiger partial charge in [-0.1, -0.05) is 53.7 Å². The summed E-state index contributed by atoms with van der Waals surface area (Å²) < 4.78 is 30.2. The minimum atomic E-state index is -2.55. The maximum atomic E-state index is 13.0. The van der Waals surface area contributed by atoms with E-state index < -0.39 is 36.2 Å². The van der Waals surface area contributed by atoms with Crippen LogP contribution in [0.15, 0.2) is 83.9 Å². The zero-order valence-electron chi connectivity index (χ0n) is 19.7. The summed E-state index contributed by atoms with van der Waals surface area (Å²) in [5, 5.41) is 6.30. The molecule has 0 aliphatic rings. The molecule has 0 aliphatic heterocycles. The third kappa shape index (κ3) is 7.11. The van der Waals surface area contributed by atoms with Crippen molar-refractivity contribution >= 4 is 57.7 Å². The number of para-hydroxylation sites is 1. The molecule has 0 aliphatic carbocycles. The summed E-state index contributed by atoms with van der Waals surface area (Å²) >= 11 is 6.53. The minimum Gasteiger partial charge on any atom is -0.454 e. The second-order valence-corrected chi connectivity index (χ2v) is 9.60. The molecule has 11 heteroatoms. The average molecular weight is 558 g/mol. The molecule has 1 unspecified atom stereocenters. The molecule has 2 amide bonds. The Bertz CT molecular complexity index is 1450. The van der Waals surface area contributed by atoms with Gasteiger partial charge in [0.25, 0.3) is 17.6 Å². The summed E-state index contributed by atoms with van der Waals surface area (Å²) in [6, 6.07) is 18.6. The number of rotatable bonds is 10. The van der Waals surface area contributed by atoms with Gasteiger partial charge in [-0.05, 0) is 48.0 Å². The fourth-order valence-electron chi connectivity index (χ4n) is 3.75. The molecule has 0 bridgehead atoms. The van der Waals surface area contributed by atoms with Crippen molar-refractivity contribution in [3.63, 3.8) is 0 Å². The number of fused-ring (bicyclic) bond motifs is 1. The Hall–Kier alpha value is -3.89. The van der Waals surface area contributed by atoms with Crippen LogP contribution in [0.25, 0.3) is 10.9 Å². The van der Waals surface area contributed by atoms with E-state index in [1.807, 2.05) is 24.3 Å². The van der Waals surface area contributed by atoms with E-state index in [-0.39, 0.29) is 17.0 Å². The van der Waals surface area contributed by atoms with Crippen LogP contribution in [0, 0.1) is 0 Å². The van der Waals surface area contributed by atoms with E-state index in [9.17, 15) is 23.2 Å². The Morgan fingerprint density at radius 2 is 1.68 bits per heavy atom. The molecule has 7 nitrogen and oxygen atoms in total. The monoisotopic (exact) mass is 557 g/mol.